The van der Waals surface area contributed by atoms with Crippen LogP contribution in [-0.2, 0) is 31.5 Å². The molecule has 1 unspecified atom stereocenters. The minimum absolute atomic E-state index is 0. The van der Waals surface area contributed by atoms with Crippen molar-refractivity contribution in [2.24, 2.45) is 0 Å². The van der Waals surface area contributed by atoms with Gasteiger partial charge in [0.25, 0.3) is 0 Å². The van der Waals surface area contributed by atoms with E-state index in [2.05, 4.69) is 49.4 Å². The number of hydrogen-bond acceptors (Lipinski definition) is 3. The Morgan fingerprint density at radius 3 is 1.90 bits per heavy atom. The minimum Gasteiger partial charge on any atom is -0.307 e. The van der Waals surface area contributed by atoms with Gasteiger partial charge < -0.3 is 14.4 Å². The van der Waals surface area contributed by atoms with Crippen LogP contribution in [0.25, 0.3) is 0 Å². The predicted molar refractivity (Wildman–Crippen MR) is 76.7 cm³/mol. The average molecular weight is 315 g/mol. The number of hydrogen-bond donors (Lipinski definition) is 0. The molecule has 1 atom stereocenters. The van der Waals surface area contributed by atoms with Crippen molar-refractivity contribution in [3.8, 4) is 0 Å². The van der Waals surface area contributed by atoms with E-state index in [9.17, 15) is 0 Å². The number of carbonyl (C=O) groups is 3. The van der Waals surface area contributed by atoms with Gasteiger partial charge in [0.2, 0.25) is 0 Å². The summed E-state index contributed by atoms with van der Waals surface area (Å²) >= 11 is 0. The van der Waals surface area contributed by atoms with Crippen LogP contribution in [0.15, 0.2) is 48.1 Å². The Bertz CT molecular complexity index is 383. The molecule has 1 aromatic rings. The summed E-state index contributed by atoms with van der Waals surface area (Å²) < 4.78 is 0. The number of rotatable bonds is 2. The van der Waals surface area contributed by atoms with E-state index in [1.54, 1.807) is 0 Å². The van der Waals surface area contributed by atoms with Gasteiger partial charge in [0, 0.05) is 17.1 Å². The predicted octanol–water partition coefficient (Wildman–Crippen LogP) is 2.92. The van der Waals surface area contributed by atoms with Gasteiger partial charge in [-0.1, -0.05) is 37.3 Å². The Labute approximate surface area is 131 Å². The fraction of sp³-hybridized carbons (Fsp3) is 0.188. The molecule has 110 valence electrons. The number of benzene rings is 1. The second-order valence-electron chi connectivity index (χ2n) is 3.42. The van der Waals surface area contributed by atoms with Gasteiger partial charge in [0.15, 0.2) is 0 Å². The molecule has 0 amide bonds. The van der Waals surface area contributed by atoms with Crippen molar-refractivity contribution in [1.82, 2.24) is 0 Å². The van der Waals surface area contributed by atoms with Gasteiger partial charge in [0.05, 0.1) is 0 Å². The van der Waals surface area contributed by atoms with Crippen LogP contribution >= 0.6 is 0 Å². The van der Waals surface area contributed by atoms with Crippen molar-refractivity contribution < 1.29 is 31.5 Å². The SMILES string of the molecule is C=O.C=O.C=O.CC(C1=CC=[C-]C1)c1ccccc1.[Fe]. The summed E-state index contributed by atoms with van der Waals surface area (Å²) in [5.41, 5.74) is 2.86. The summed E-state index contributed by atoms with van der Waals surface area (Å²) in [6.07, 6.45) is 8.40. The Morgan fingerprint density at radius 1 is 1.00 bits per heavy atom. The van der Waals surface area contributed by atoms with Crippen LogP contribution < -0.4 is 0 Å². The summed E-state index contributed by atoms with van der Waals surface area (Å²) in [6, 6.07) is 10.6. The zero-order chi connectivity index (χ0) is 15.1. The molecule has 2 rings (SSSR count). The van der Waals surface area contributed by atoms with Gasteiger partial charge in [-0.3, -0.25) is 6.08 Å². The summed E-state index contributed by atoms with van der Waals surface area (Å²) in [5, 5.41) is 0. The first kappa shape index (κ1) is 23.3. The van der Waals surface area contributed by atoms with E-state index in [0.717, 1.165) is 6.42 Å². The Morgan fingerprint density at radius 2 is 1.50 bits per heavy atom. The maximum atomic E-state index is 8.00. The molecule has 0 aromatic heterocycles. The van der Waals surface area contributed by atoms with E-state index in [1.807, 2.05) is 26.4 Å². The molecular weight excluding hydrogens is 296 g/mol. The molecule has 0 saturated carbocycles. The molecule has 0 N–H and O–H groups in total. The third-order valence-electron chi connectivity index (χ3n) is 2.58. The Kier molecular flexibility index (Phi) is 20.1. The maximum Gasteiger partial charge on any atom is 0.106 e. The largest absolute Gasteiger partial charge is 0.307 e. The van der Waals surface area contributed by atoms with Gasteiger partial charge in [-0.05, 0) is 11.5 Å². The van der Waals surface area contributed by atoms with E-state index in [4.69, 9.17) is 14.4 Å². The molecule has 0 spiro atoms. The first-order chi connectivity index (χ1) is 9.38. The molecule has 0 aliphatic heterocycles. The summed E-state index contributed by atoms with van der Waals surface area (Å²) in [5.74, 6) is 0.535. The van der Waals surface area contributed by atoms with Crippen molar-refractivity contribution in [1.29, 1.82) is 0 Å². The van der Waals surface area contributed by atoms with Crippen LogP contribution in [-0.4, -0.2) is 20.4 Å². The first-order valence-corrected chi connectivity index (χ1v) is 5.55. The van der Waals surface area contributed by atoms with Crippen LogP contribution in [0.2, 0.25) is 0 Å². The molecule has 0 fully saturated rings. The normalized spacial score (nSPS) is 11.8. The number of allylic oxidation sites excluding steroid dienone is 4. The summed E-state index contributed by atoms with van der Waals surface area (Å²) in [6.45, 7) is 8.25. The van der Waals surface area contributed by atoms with Crippen LogP contribution in [0, 0.1) is 6.08 Å². The molecule has 0 bridgehead atoms. The van der Waals surface area contributed by atoms with E-state index in [-0.39, 0.29) is 17.1 Å². The van der Waals surface area contributed by atoms with E-state index in [1.165, 1.54) is 11.1 Å². The molecular formula is C16H19FeO3-. The summed E-state index contributed by atoms with van der Waals surface area (Å²) in [7, 11) is 0. The van der Waals surface area contributed by atoms with Crippen molar-refractivity contribution in [3.05, 3.63) is 59.7 Å². The van der Waals surface area contributed by atoms with Gasteiger partial charge in [-0.2, -0.15) is 5.57 Å². The van der Waals surface area contributed by atoms with Crippen molar-refractivity contribution in [2.45, 2.75) is 19.3 Å². The van der Waals surface area contributed by atoms with Crippen molar-refractivity contribution >= 4 is 20.4 Å². The molecule has 1 aromatic carbocycles. The third kappa shape index (κ3) is 8.35. The zero-order valence-electron chi connectivity index (χ0n) is 11.5. The molecule has 1 aliphatic rings. The smallest absolute Gasteiger partial charge is 0.106 e. The van der Waals surface area contributed by atoms with Crippen molar-refractivity contribution in [2.75, 3.05) is 0 Å². The standard InChI is InChI=1S/C13H13.3CH2O.Fe/c1-11(13-9-5-6-10-13)12-7-3-2-4-8-12;3*1-2;/h2-5,7-9,11H,10H2,1H3;3*1H2;/q-1;;;;. The van der Waals surface area contributed by atoms with Gasteiger partial charge in [-0.25, -0.2) is 12.2 Å². The molecule has 3 nitrogen and oxygen atoms in total. The second-order valence-corrected chi connectivity index (χ2v) is 3.42. The first-order valence-electron chi connectivity index (χ1n) is 5.55. The van der Waals surface area contributed by atoms with E-state index >= 15 is 0 Å². The van der Waals surface area contributed by atoms with Gasteiger partial charge in [-0.15, -0.1) is 6.42 Å². The molecule has 1 aliphatic carbocycles. The molecule has 0 heterocycles. The Balaban J connectivity index is -0.000000368. The van der Waals surface area contributed by atoms with Crippen LogP contribution in [0.1, 0.15) is 24.8 Å². The zero-order valence-corrected chi connectivity index (χ0v) is 12.6. The monoisotopic (exact) mass is 315 g/mol. The molecule has 4 heteroatoms. The topological polar surface area (TPSA) is 51.2 Å². The number of carbonyl (C=O) groups excluding carboxylic acids is 3. The molecule has 0 radical (unpaired) electrons. The second kappa shape index (κ2) is 17.2. The van der Waals surface area contributed by atoms with E-state index < -0.39 is 0 Å². The quantitative estimate of drug-likeness (QED) is 0.623. The van der Waals surface area contributed by atoms with Crippen LogP contribution in [0.4, 0.5) is 0 Å². The van der Waals surface area contributed by atoms with Gasteiger partial charge >= 0.3 is 0 Å². The Hall–Kier alpha value is -1.77. The minimum atomic E-state index is 0. The van der Waals surface area contributed by atoms with Crippen molar-refractivity contribution in [3.63, 3.8) is 0 Å². The molecule has 20 heavy (non-hydrogen) atoms. The fourth-order valence-electron chi connectivity index (χ4n) is 1.65. The summed E-state index contributed by atoms with van der Waals surface area (Å²) in [4.78, 5) is 24.0. The van der Waals surface area contributed by atoms with Gasteiger partial charge in [0.1, 0.15) is 20.4 Å². The fourth-order valence-corrected chi connectivity index (χ4v) is 1.65. The average Bonchev–Trinajstić information content (AvgIpc) is 3.08. The maximum absolute atomic E-state index is 8.00. The third-order valence-corrected chi connectivity index (χ3v) is 2.58. The van der Waals surface area contributed by atoms with Crippen LogP contribution in [0.5, 0.6) is 0 Å². The molecule has 0 saturated heterocycles. The van der Waals surface area contributed by atoms with Crippen LogP contribution in [0.3, 0.4) is 0 Å². The van der Waals surface area contributed by atoms with E-state index in [0.29, 0.717) is 5.92 Å².